The average Bonchev–Trinajstić information content (AvgIpc) is 2.31. The van der Waals surface area contributed by atoms with E-state index in [9.17, 15) is 4.39 Å². The predicted molar refractivity (Wildman–Crippen MR) is 50.9 cm³/mol. The summed E-state index contributed by atoms with van der Waals surface area (Å²) < 4.78 is 14.3. The summed E-state index contributed by atoms with van der Waals surface area (Å²) in [5.41, 5.74) is 6.15. The van der Waals surface area contributed by atoms with Gasteiger partial charge in [-0.2, -0.15) is 0 Å². The predicted octanol–water partition coefficient (Wildman–Crippen LogP) is 2.93. The van der Waals surface area contributed by atoms with Gasteiger partial charge in [0, 0.05) is 20.7 Å². The summed E-state index contributed by atoms with van der Waals surface area (Å²) in [4.78, 5) is 0.718. The Balaban J connectivity index is 2.88. The summed E-state index contributed by atoms with van der Waals surface area (Å²) in [7, 11) is 0. The van der Waals surface area contributed by atoms with E-state index in [-0.39, 0.29) is 5.82 Å². The third-order valence-electron chi connectivity index (χ3n) is 1.81. The molecule has 0 amide bonds. The molecule has 0 aliphatic heterocycles. The van der Waals surface area contributed by atoms with E-state index < -0.39 is 0 Å². The van der Waals surface area contributed by atoms with Crippen LogP contribution in [0, 0.1) is 12.7 Å². The van der Waals surface area contributed by atoms with E-state index in [1.807, 2.05) is 6.07 Å². The van der Waals surface area contributed by atoms with Gasteiger partial charge in [-0.1, -0.05) is 0 Å². The highest BCUT2D eigenvalue weighted by Gasteiger charge is 2.07. The van der Waals surface area contributed by atoms with Crippen LogP contribution in [0.1, 0.15) is 4.88 Å². The van der Waals surface area contributed by atoms with Crippen molar-refractivity contribution in [3.8, 4) is 0 Å². The van der Waals surface area contributed by atoms with Gasteiger partial charge in [0.05, 0.1) is 0 Å². The number of benzene rings is 1. The summed E-state index contributed by atoms with van der Waals surface area (Å²) >= 11 is 1.46. The van der Waals surface area contributed by atoms with E-state index in [1.165, 1.54) is 11.3 Å². The van der Waals surface area contributed by atoms with Crippen LogP contribution in [-0.2, 0) is 0 Å². The van der Waals surface area contributed by atoms with Crippen molar-refractivity contribution >= 4 is 27.1 Å². The average molecular weight is 181 g/mol. The van der Waals surface area contributed by atoms with Crippen molar-refractivity contribution in [2.75, 3.05) is 5.73 Å². The van der Waals surface area contributed by atoms with E-state index >= 15 is 0 Å². The molecule has 2 rings (SSSR count). The van der Waals surface area contributed by atoms with Crippen LogP contribution in [0.2, 0.25) is 0 Å². The molecule has 0 bridgehead atoms. The Bertz CT molecular complexity index is 433. The largest absolute Gasteiger partial charge is 0.399 e. The maximum absolute atomic E-state index is 13.3. The van der Waals surface area contributed by atoms with Crippen LogP contribution in [-0.4, -0.2) is 0 Å². The molecule has 0 atom stereocenters. The van der Waals surface area contributed by atoms with Crippen molar-refractivity contribution in [2.24, 2.45) is 0 Å². The second kappa shape index (κ2) is 2.45. The molecule has 12 heavy (non-hydrogen) atoms. The van der Waals surface area contributed by atoms with Crippen LogP contribution >= 0.6 is 11.3 Å². The number of aryl methyl sites for hydroxylation is 1. The minimum absolute atomic E-state index is 0.137. The molecule has 62 valence electrons. The van der Waals surface area contributed by atoms with Gasteiger partial charge >= 0.3 is 0 Å². The van der Waals surface area contributed by atoms with Crippen LogP contribution in [0.15, 0.2) is 18.2 Å². The molecule has 0 saturated heterocycles. The standard InChI is InChI=1S/C9H8FNS/c1-5-9(10)7-4-6(11)2-3-8(7)12-5/h2-4H,11H2,1H3. The van der Waals surface area contributed by atoms with Gasteiger partial charge in [-0.25, -0.2) is 4.39 Å². The van der Waals surface area contributed by atoms with E-state index in [1.54, 1.807) is 19.1 Å². The molecule has 0 spiro atoms. The highest BCUT2D eigenvalue weighted by Crippen LogP contribution is 2.30. The number of nitrogens with two attached hydrogens (primary N) is 1. The molecule has 0 radical (unpaired) electrons. The Hall–Kier alpha value is -1.09. The van der Waals surface area contributed by atoms with Gasteiger partial charge in [-0.15, -0.1) is 11.3 Å². The maximum Gasteiger partial charge on any atom is 0.144 e. The number of nitrogen functional groups attached to an aromatic ring is 1. The molecule has 1 nitrogen and oxygen atoms in total. The Kier molecular flexibility index (Phi) is 1.54. The quantitative estimate of drug-likeness (QED) is 0.621. The van der Waals surface area contributed by atoms with E-state index in [4.69, 9.17) is 5.73 Å². The first-order valence-electron chi connectivity index (χ1n) is 3.62. The lowest BCUT2D eigenvalue weighted by molar-refractivity contribution is 0.636. The second-order valence-electron chi connectivity index (χ2n) is 2.73. The molecule has 2 N–H and O–H groups in total. The number of thiophene rings is 1. The first-order valence-corrected chi connectivity index (χ1v) is 4.44. The zero-order valence-corrected chi connectivity index (χ0v) is 7.41. The van der Waals surface area contributed by atoms with Crippen molar-refractivity contribution < 1.29 is 4.39 Å². The zero-order valence-electron chi connectivity index (χ0n) is 6.60. The minimum Gasteiger partial charge on any atom is -0.399 e. The Labute approximate surface area is 73.6 Å². The van der Waals surface area contributed by atoms with Gasteiger partial charge in [-0.3, -0.25) is 0 Å². The first kappa shape index (κ1) is 7.55. The van der Waals surface area contributed by atoms with Crippen LogP contribution in [0.5, 0.6) is 0 Å². The highest BCUT2D eigenvalue weighted by atomic mass is 32.1. The molecule has 1 heterocycles. The molecule has 3 heteroatoms. The molecule has 0 aliphatic rings. The van der Waals surface area contributed by atoms with E-state index in [0.29, 0.717) is 11.1 Å². The molecule has 0 saturated carbocycles. The summed E-state index contributed by atoms with van der Waals surface area (Å²) in [6.07, 6.45) is 0. The van der Waals surface area contributed by atoms with Gasteiger partial charge in [0.15, 0.2) is 0 Å². The Morgan fingerprint density at radius 3 is 2.92 bits per heavy atom. The molecule has 2 aromatic rings. The third kappa shape index (κ3) is 0.975. The van der Waals surface area contributed by atoms with Crippen LogP contribution < -0.4 is 5.73 Å². The fourth-order valence-electron chi connectivity index (χ4n) is 1.21. The molecular formula is C9H8FNS. The molecule has 1 aromatic heterocycles. The SMILES string of the molecule is Cc1sc2ccc(N)cc2c1F. The maximum atomic E-state index is 13.3. The Morgan fingerprint density at radius 2 is 2.17 bits per heavy atom. The molecular weight excluding hydrogens is 173 g/mol. The molecule has 0 fully saturated rings. The number of anilines is 1. The van der Waals surface area contributed by atoms with Crippen molar-refractivity contribution in [2.45, 2.75) is 6.92 Å². The number of halogens is 1. The summed E-state index contributed by atoms with van der Waals surface area (Å²) in [5, 5.41) is 0.637. The van der Waals surface area contributed by atoms with Gasteiger partial charge < -0.3 is 5.73 Å². The summed E-state index contributed by atoms with van der Waals surface area (Å²) in [5.74, 6) is -0.137. The van der Waals surface area contributed by atoms with Gasteiger partial charge in [0.2, 0.25) is 0 Å². The van der Waals surface area contributed by atoms with Crippen LogP contribution in [0.25, 0.3) is 10.1 Å². The first-order chi connectivity index (χ1) is 5.68. The van der Waals surface area contributed by atoms with Gasteiger partial charge in [0.1, 0.15) is 5.82 Å². The monoisotopic (exact) mass is 181 g/mol. The van der Waals surface area contributed by atoms with Crippen molar-refractivity contribution in [1.82, 2.24) is 0 Å². The number of fused-ring (bicyclic) bond motifs is 1. The summed E-state index contributed by atoms with van der Waals surface area (Å²) in [6, 6.07) is 5.32. The minimum atomic E-state index is -0.137. The molecule has 1 aromatic carbocycles. The highest BCUT2D eigenvalue weighted by molar-refractivity contribution is 7.19. The molecule has 0 aliphatic carbocycles. The van der Waals surface area contributed by atoms with Crippen molar-refractivity contribution in [1.29, 1.82) is 0 Å². The normalized spacial score (nSPS) is 10.8. The van der Waals surface area contributed by atoms with Crippen molar-refractivity contribution in [3.63, 3.8) is 0 Å². The lowest BCUT2D eigenvalue weighted by Crippen LogP contribution is -1.82. The van der Waals surface area contributed by atoms with Crippen molar-refractivity contribution in [3.05, 3.63) is 28.9 Å². The van der Waals surface area contributed by atoms with Crippen LogP contribution in [0.4, 0.5) is 10.1 Å². The topological polar surface area (TPSA) is 26.0 Å². The fraction of sp³-hybridized carbons (Fsp3) is 0.111. The second-order valence-corrected chi connectivity index (χ2v) is 3.98. The van der Waals surface area contributed by atoms with Gasteiger partial charge in [-0.05, 0) is 25.1 Å². The number of hydrogen-bond donors (Lipinski definition) is 1. The zero-order chi connectivity index (χ0) is 8.72. The fourth-order valence-corrected chi connectivity index (χ4v) is 2.13. The van der Waals surface area contributed by atoms with Gasteiger partial charge in [0.25, 0.3) is 0 Å². The Morgan fingerprint density at radius 1 is 1.42 bits per heavy atom. The number of hydrogen-bond acceptors (Lipinski definition) is 2. The summed E-state index contributed by atoms with van der Waals surface area (Å²) in [6.45, 7) is 1.77. The lowest BCUT2D eigenvalue weighted by Gasteiger charge is -1.91. The lowest BCUT2D eigenvalue weighted by atomic mass is 10.2. The van der Waals surface area contributed by atoms with E-state index in [2.05, 4.69) is 0 Å². The third-order valence-corrected chi connectivity index (χ3v) is 2.87. The smallest absolute Gasteiger partial charge is 0.144 e. The number of rotatable bonds is 0. The van der Waals surface area contributed by atoms with E-state index in [0.717, 1.165) is 9.58 Å². The van der Waals surface area contributed by atoms with Crippen LogP contribution in [0.3, 0.4) is 0 Å². The molecule has 0 unspecified atom stereocenters.